The lowest BCUT2D eigenvalue weighted by Gasteiger charge is -2.10. The van der Waals surface area contributed by atoms with Gasteiger partial charge in [0.05, 0.1) is 12.3 Å². The molecule has 0 aliphatic carbocycles. The monoisotopic (exact) mass is 297 g/mol. The first-order chi connectivity index (χ1) is 10.7. The predicted octanol–water partition coefficient (Wildman–Crippen LogP) is 4.92. The molecule has 2 nitrogen and oxygen atoms in total. The van der Waals surface area contributed by atoms with Gasteiger partial charge in [-0.1, -0.05) is 51.5 Å². The molecular formula is C20H27NO. The Morgan fingerprint density at radius 2 is 1.91 bits per heavy atom. The summed E-state index contributed by atoms with van der Waals surface area (Å²) in [7, 11) is 0. The second kappa shape index (κ2) is 8.70. The van der Waals surface area contributed by atoms with Crippen LogP contribution in [0, 0.1) is 5.92 Å². The molecule has 0 N–H and O–H groups in total. The van der Waals surface area contributed by atoms with Crippen molar-refractivity contribution in [1.82, 2.24) is 4.98 Å². The summed E-state index contributed by atoms with van der Waals surface area (Å²) >= 11 is 0. The van der Waals surface area contributed by atoms with Gasteiger partial charge < -0.3 is 4.74 Å². The number of pyridine rings is 1. The summed E-state index contributed by atoms with van der Waals surface area (Å²) in [6, 6.07) is 14.9. The molecule has 1 aromatic heterocycles. The molecule has 0 amide bonds. The molecule has 1 heterocycles. The topological polar surface area (TPSA) is 22.1 Å². The average Bonchev–Trinajstić information content (AvgIpc) is 2.58. The molecule has 0 saturated carbocycles. The van der Waals surface area contributed by atoms with Crippen molar-refractivity contribution in [2.45, 2.75) is 40.0 Å². The highest BCUT2D eigenvalue weighted by Crippen LogP contribution is 2.19. The van der Waals surface area contributed by atoms with E-state index in [-0.39, 0.29) is 0 Å². The number of rotatable bonds is 8. The predicted molar refractivity (Wildman–Crippen MR) is 93.0 cm³/mol. The first-order valence-corrected chi connectivity index (χ1v) is 8.36. The summed E-state index contributed by atoms with van der Waals surface area (Å²) in [5.74, 6) is 0.635. The van der Waals surface area contributed by atoms with Crippen molar-refractivity contribution < 1.29 is 4.74 Å². The Morgan fingerprint density at radius 3 is 2.68 bits per heavy atom. The van der Waals surface area contributed by atoms with Crippen LogP contribution in [0.2, 0.25) is 0 Å². The first kappa shape index (κ1) is 16.7. The normalized spacial score (nSPS) is 12.3. The summed E-state index contributed by atoms with van der Waals surface area (Å²) in [4.78, 5) is 4.78. The first-order valence-electron chi connectivity index (χ1n) is 8.36. The van der Waals surface area contributed by atoms with E-state index in [0.717, 1.165) is 37.4 Å². The highest BCUT2D eigenvalue weighted by molar-refractivity contribution is 5.60. The molecule has 0 saturated heterocycles. The summed E-state index contributed by atoms with van der Waals surface area (Å²) in [5, 5.41) is 0. The lowest BCUT2D eigenvalue weighted by molar-refractivity contribution is 0.106. The maximum Gasteiger partial charge on any atom is 0.0705 e. The fourth-order valence-corrected chi connectivity index (χ4v) is 2.31. The molecule has 118 valence electrons. The number of ether oxygens (including phenoxy) is 1. The van der Waals surface area contributed by atoms with Gasteiger partial charge in [-0.15, -0.1) is 0 Å². The fraction of sp³-hybridized carbons (Fsp3) is 0.450. The number of nitrogens with zero attached hydrogens (tertiary/aromatic N) is 1. The van der Waals surface area contributed by atoms with Crippen molar-refractivity contribution in [1.29, 1.82) is 0 Å². The maximum absolute atomic E-state index is 5.73. The van der Waals surface area contributed by atoms with Crippen LogP contribution < -0.4 is 0 Å². The Labute approximate surface area is 134 Å². The van der Waals surface area contributed by atoms with Gasteiger partial charge in [0.2, 0.25) is 0 Å². The molecule has 0 fully saturated rings. The van der Waals surface area contributed by atoms with Crippen LogP contribution in [0.4, 0.5) is 0 Å². The van der Waals surface area contributed by atoms with E-state index in [0.29, 0.717) is 5.92 Å². The van der Waals surface area contributed by atoms with Gasteiger partial charge in [0.1, 0.15) is 0 Å². The fourth-order valence-electron chi connectivity index (χ4n) is 2.31. The highest BCUT2D eigenvalue weighted by Gasteiger charge is 2.03. The van der Waals surface area contributed by atoms with Gasteiger partial charge in [0.15, 0.2) is 0 Å². The molecular weight excluding hydrogens is 270 g/mol. The van der Waals surface area contributed by atoms with Gasteiger partial charge >= 0.3 is 0 Å². The maximum atomic E-state index is 5.73. The molecule has 1 atom stereocenters. The minimum absolute atomic E-state index is 0.635. The number of aromatic nitrogens is 1. The Balaban J connectivity index is 1.97. The van der Waals surface area contributed by atoms with Crippen LogP contribution in [-0.4, -0.2) is 18.2 Å². The second-order valence-corrected chi connectivity index (χ2v) is 5.91. The largest absolute Gasteiger partial charge is 0.381 e. The van der Waals surface area contributed by atoms with Gasteiger partial charge in [-0.05, 0) is 36.1 Å². The minimum atomic E-state index is 0.635. The third kappa shape index (κ3) is 4.96. The SMILES string of the molecule is CCc1cccc(-c2cccc(CCOCC(C)CC)n2)c1. The van der Waals surface area contributed by atoms with Crippen LogP contribution in [0.15, 0.2) is 42.5 Å². The zero-order valence-electron chi connectivity index (χ0n) is 14.0. The molecule has 0 bridgehead atoms. The number of hydrogen-bond acceptors (Lipinski definition) is 2. The van der Waals surface area contributed by atoms with Gasteiger partial charge in [-0.25, -0.2) is 0 Å². The van der Waals surface area contributed by atoms with E-state index in [4.69, 9.17) is 9.72 Å². The van der Waals surface area contributed by atoms with Crippen LogP contribution in [0.3, 0.4) is 0 Å². The Kier molecular flexibility index (Phi) is 6.60. The van der Waals surface area contributed by atoms with Gasteiger partial charge in [-0.3, -0.25) is 4.98 Å². The summed E-state index contributed by atoms with van der Waals surface area (Å²) in [6.45, 7) is 8.19. The smallest absolute Gasteiger partial charge is 0.0705 e. The van der Waals surface area contributed by atoms with Crippen LogP contribution in [-0.2, 0) is 17.6 Å². The Morgan fingerprint density at radius 1 is 1.09 bits per heavy atom. The molecule has 0 aliphatic rings. The molecule has 2 rings (SSSR count). The third-order valence-electron chi connectivity index (χ3n) is 4.04. The molecule has 22 heavy (non-hydrogen) atoms. The van der Waals surface area contributed by atoms with Gasteiger partial charge in [-0.2, -0.15) is 0 Å². The van der Waals surface area contributed by atoms with E-state index in [1.54, 1.807) is 0 Å². The van der Waals surface area contributed by atoms with E-state index >= 15 is 0 Å². The number of hydrogen-bond donors (Lipinski definition) is 0. The van der Waals surface area contributed by atoms with Crippen molar-refractivity contribution in [3.05, 3.63) is 53.7 Å². The molecule has 2 heteroatoms. The van der Waals surface area contributed by atoms with E-state index in [1.807, 2.05) is 0 Å². The molecule has 0 aliphatic heterocycles. The van der Waals surface area contributed by atoms with E-state index < -0.39 is 0 Å². The van der Waals surface area contributed by atoms with Gasteiger partial charge in [0, 0.05) is 24.3 Å². The molecule has 1 unspecified atom stereocenters. The van der Waals surface area contributed by atoms with E-state index in [9.17, 15) is 0 Å². The van der Waals surface area contributed by atoms with E-state index in [1.165, 1.54) is 17.5 Å². The van der Waals surface area contributed by atoms with Crippen LogP contribution in [0.1, 0.15) is 38.4 Å². The van der Waals surface area contributed by atoms with Crippen molar-refractivity contribution in [2.24, 2.45) is 5.92 Å². The zero-order valence-corrected chi connectivity index (χ0v) is 14.0. The van der Waals surface area contributed by atoms with Crippen LogP contribution in [0.5, 0.6) is 0 Å². The molecule has 0 radical (unpaired) electrons. The average molecular weight is 297 g/mol. The molecule has 0 spiro atoms. The van der Waals surface area contributed by atoms with Crippen LogP contribution >= 0.6 is 0 Å². The molecule has 1 aromatic carbocycles. The highest BCUT2D eigenvalue weighted by atomic mass is 16.5. The summed E-state index contributed by atoms with van der Waals surface area (Å²) < 4.78 is 5.73. The van der Waals surface area contributed by atoms with E-state index in [2.05, 4.69) is 63.2 Å². The van der Waals surface area contributed by atoms with Crippen molar-refractivity contribution in [3.63, 3.8) is 0 Å². The quantitative estimate of drug-likeness (QED) is 0.645. The van der Waals surface area contributed by atoms with Crippen molar-refractivity contribution in [2.75, 3.05) is 13.2 Å². The lowest BCUT2D eigenvalue weighted by Crippen LogP contribution is -2.08. The Bertz CT molecular complexity index is 579. The second-order valence-electron chi connectivity index (χ2n) is 5.91. The standard InChI is InChI=1S/C20H27NO/c1-4-16(3)15-22-13-12-19-10-7-11-20(21-19)18-9-6-8-17(5-2)14-18/h6-11,14,16H,4-5,12-13,15H2,1-3H3. The van der Waals surface area contributed by atoms with Crippen molar-refractivity contribution >= 4 is 0 Å². The lowest BCUT2D eigenvalue weighted by atomic mass is 10.1. The Hall–Kier alpha value is -1.67. The van der Waals surface area contributed by atoms with Gasteiger partial charge in [0.25, 0.3) is 0 Å². The number of benzene rings is 1. The summed E-state index contributed by atoms with van der Waals surface area (Å²) in [5.41, 5.74) is 4.70. The number of aryl methyl sites for hydroxylation is 1. The van der Waals surface area contributed by atoms with Crippen molar-refractivity contribution in [3.8, 4) is 11.3 Å². The minimum Gasteiger partial charge on any atom is -0.381 e. The third-order valence-corrected chi connectivity index (χ3v) is 4.04. The molecule has 2 aromatic rings. The zero-order chi connectivity index (χ0) is 15.8. The summed E-state index contributed by atoms with van der Waals surface area (Å²) in [6.07, 6.45) is 3.09. The van der Waals surface area contributed by atoms with Crippen LogP contribution in [0.25, 0.3) is 11.3 Å².